The van der Waals surface area contributed by atoms with Crippen LogP contribution in [-0.2, 0) is 9.72 Å². The molecule has 1 aliphatic carbocycles. The zero-order chi connectivity index (χ0) is 14.1. The molecular weight excluding hydrogens is 255 g/mol. The van der Waals surface area contributed by atoms with Gasteiger partial charge >= 0.3 is 0 Å². The molecule has 0 N–H and O–H groups in total. The van der Waals surface area contributed by atoms with Crippen molar-refractivity contribution < 1.29 is 9.30 Å². The summed E-state index contributed by atoms with van der Waals surface area (Å²) < 4.78 is 18.1. The zero-order valence-electron chi connectivity index (χ0n) is 12.5. The fraction of sp³-hybridized carbons (Fsp3) is 0.625. The van der Waals surface area contributed by atoms with Gasteiger partial charge in [0.25, 0.3) is 0 Å². The fourth-order valence-corrected chi connectivity index (χ4v) is 4.49. The van der Waals surface area contributed by atoms with Gasteiger partial charge in [0.2, 0.25) is 0 Å². The summed E-state index contributed by atoms with van der Waals surface area (Å²) >= 11 is 0. The van der Waals surface area contributed by atoms with E-state index in [0.717, 1.165) is 31.6 Å². The molecule has 2 rings (SSSR count). The van der Waals surface area contributed by atoms with Crippen molar-refractivity contribution in [2.45, 2.75) is 38.3 Å². The first kappa shape index (κ1) is 14.7. The molecule has 1 aliphatic rings. The van der Waals surface area contributed by atoms with Gasteiger partial charge in [-0.05, 0) is 56.2 Å². The maximum atomic E-state index is 12.4. The highest BCUT2D eigenvalue weighted by atomic mass is 31.2. The van der Waals surface area contributed by atoms with Crippen LogP contribution in [0.1, 0.15) is 38.7 Å². The molecule has 0 radical (unpaired) electrons. The van der Waals surface area contributed by atoms with E-state index in [4.69, 9.17) is 4.74 Å². The predicted molar refractivity (Wildman–Crippen MR) is 81.8 cm³/mol. The van der Waals surface area contributed by atoms with E-state index >= 15 is 0 Å². The topological polar surface area (TPSA) is 26.3 Å². The lowest BCUT2D eigenvalue weighted by molar-refractivity contribution is 0.289. The van der Waals surface area contributed by atoms with Crippen LogP contribution < -0.4 is 4.74 Å². The van der Waals surface area contributed by atoms with E-state index < -0.39 is 7.14 Å². The smallest absolute Gasteiger partial charge is 0.119 e. The van der Waals surface area contributed by atoms with Gasteiger partial charge in [-0.3, -0.25) is 0 Å². The molecule has 0 atom stereocenters. The molecule has 0 bridgehead atoms. The van der Waals surface area contributed by atoms with Crippen LogP contribution in [0.3, 0.4) is 0 Å². The summed E-state index contributed by atoms with van der Waals surface area (Å²) in [4.78, 5) is 0. The number of ether oxygens (including phenoxy) is 1. The van der Waals surface area contributed by atoms with E-state index in [9.17, 15) is 4.57 Å². The summed E-state index contributed by atoms with van der Waals surface area (Å²) in [5.41, 5.74) is 1.22. The minimum Gasteiger partial charge on any atom is -0.494 e. The minimum absolute atomic E-state index is 0.0382. The van der Waals surface area contributed by atoms with E-state index in [-0.39, 0.29) is 5.16 Å². The van der Waals surface area contributed by atoms with Gasteiger partial charge in [-0.1, -0.05) is 26.0 Å². The molecule has 106 valence electrons. The molecule has 0 aliphatic heterocycles. The minimum atomic E-state index is -2.07. The molecule has 0 spiro atoms. The van der Waals surface area contributed by atoms with Crippen LogP contribution in [0, 0.1) is 5.92 Å². The van der Waals surface area contributed by atoms with Crippen LogP contribution >= 0.6 is 7.14 Å². The molecule has 0 unspecified atom stereocenters. The second-order valence-corrected chi connectivity index (χ2v) is 10.00. The van der Waals surface area contributed by atoms with Crippen molar-refractivity contribution in [2.24, 2.45) is 5.92 Å². The largest absolute Gasteiger partial charge is 0.494 e. The molecule has 19 heavy (non-hydrogen) atoms. The Morgan fingerprint density at radius 3 is 2.21 bits per heavy atom. The number of rotatable bonds is 6. The lowest BCUT2D eigenvalue weighted by atomic mass is 10.1. The van der Waals surface area contributed by atoms with Crippen LogP contribution in [0.5, 0.6) is 5.75 Å². The predicted octanol–water partition coefficient (Wildman–Crippen LogP) is 4.72. The van der Waals surface area contributed by atoms with Crippen LogP contribution in [0.15, 0.2) is 24.3 Å². The quantitative estimate of drug-likeness (QED) is 0.704. The Balaban J connectivity index is 2.02. The lowest BCUT2D eigenvalue weighted by Crippen LogP contribution is -2.06. The number of benzene rings is 1. The second-order valence-electron chi connectivity index (χ2n) is 6.44. The highest BCUT2D eigenvalue weighted by Gasteiger charge is 2.53. The highest BCUT2D eigenvalue weighted by Crippen LogP contribution is 2.71. The number of hydrogen-bond acceptors (Lipinski definition) is 2. The number of hydrogen-bond donors (Lipinski definition) is 0. The van der Waals surface area contributed by atoms with Crippen molar-refractivity contribution >= 4 is 7.14 Å². The first-order valence-electron chi connectivity index (χ1n) is 7.13. The van der Waals surface area contributed by atoms with Crippen molar-refractivity contribution in [3.05, 3.63) is 29.8 Å². The molecule has 1 saturated carbocycles. The average Bonchev–Trinajstić information content (AvgIpc) is 3.10. The van der Waals surface area contributed by atoms with Gasteiger partial charge < -0.3 is 9.30 Å². The third kappa shape index (κ3) is 3.23. The Morgan fingerprint density at radius 1 is 1.21 bits per heavy atom. The summed E-state index contributed by atoms with van der Waals surface area (Å²) in [5, 5.41) is -0.0382. The van der Waals surface area contributed by atoms with Crippen LogP contribution in [-0.4, -0.2) is 19.9 Å². The average molecular weight is 280 g/mol. The van der Waals surface area contributed by atoms with E-state index in [1.807, 2.05) is 25.5 Å². The van der Waals surface area contributed by atoms with Crippen LogP contribution in [0.4, 0.5) is 0 Å². The van der Waals surface area contributed by atoms with Gasteiger partial charge in [0.05, 0.1) is 13.7 Å². The van der Waals surface area contributed by atoms with E-state index in [1.54, 1.807) is 0 Å². The molecule has 1 aromatic carbocycles. The summed E-state index contributed by atoms with van der Waals surface area (Å²) in [6.07, 6.45) is 3.19. The Hall–Kier alpha value is -0.750. The summed E-state index contributed by atoms with van der Waals surface area (Å²) in [6, 6.07) is 8.23. The van der Waals surface area contributed by atoms with Crippen molar-refractivity contribution in [3.8, 4) is 5.75 Å². The van der Waals surface area contributed by atoms with E-state index in [1.165, 1.54) is 5.56 Å². The van der Waals surface area contributed by atoms with E-state index in [2.05, 4.69) is 26.0 Å². The monoisotopic (exact) mass is 280 g/mol. The Morgan fingerprint density at radius 2 is 1.79 bits per heavy atom. The molecular formula is C16H25O2P. The Kier molecular flexibility index (Phi) is 4.11. The molecule has 2 nitrogen and oxygen atoms in total. The molecule has 0 amide bonds. The van der Waals surface area contributed by atoms with Crippen molar-refractivity contribution in [1.82, 2.24) is 0 Å². The molecule has 1 aromatic rings. The molecule has 0 heterocycles. The molecule has 3 heteroatoms. The van der Waals surface area contributed by atoms with Crippen LogP contribution in [0.25, 0.3) is 0 Å². The first-order chi connectivity index (χ1) is 8.85. The second kappa shape index (κ2) is 5.32. The molecule has 0 saturated heterocycles. The van der Waals surface area contributed by atoms with Gasteiger partial charge in [0.15, 0.2) is 0 Å². The van der Waals surface area contributed by atoms with Gasteiger partial charge in [-0.25, -0.2) is 0 Å². The van der Waals surface area contributed by atoms with Gasteiger partial charge in [0.1, 0.15) is 5.75 Å². The SMILES string of the molecule is CC(C)CCOc1ccc(C2(P(C)(C)=O)CC2)cc1. The Labute approximate surface area is 116 Å². The summed E-state index contributed by atoms with van der Waals surface area (Å²) in [6.45, 7) is 8.98. The van der Waals surface area contributed by atoms with Crippen molar-refractivity contribution in [3.63, 3.8) is 0 Å². The maximum absolute atomic E-state index is 12.4. The standard InChI is InChI=1S/C16H25O2P/c1-13(2)9-12-18-15-7-5-14(6-8-15)16(10-11-16)19(3,4)17/h5-8,13H,9-12H2,1-4H3. The highest BCUT2D eigenvalue weighted by molar-refractivity contribution is 7.63. The van der Waals surface area contributed by atoms with Crippen molar-refractivity contribution in [1.29, 1.82) is 0 Å². The summed E-state index contributed by atoms with van der Waals surface area (Å²) in [5.74, 6) is 1.59. The van der Waals surface area contributed by atoms with Gasteiger partial charge in [0, 0.05) is 5.16 Å². The van der Waals surface area contributed by atoms with Crippen LogP contribution in [0.2, 0.25) is 0 Å². The van der Waals surface area contributed by atoms with Gasteiger partial charge in [-0.15, -0.1) is 0 Å². The maximum Gasteiger partial charge on any atom is 0.119 e. The lowest BCUT2D eigenvalue weighted by Gasteiger charge is -2.21. The molecule has 0 aromatic heterocycles. The van der Waals surface area contributed by atoms with Crippen molar-refractivity contribution in [2.75, 3.05) is 19.9 Å². The normalized spacial score (nSPS) is 17.5. The Bertz CT molecular complexity index is 466. The third-order valence-corrected chi connectivity index (χ3v) is 6.88. The molecule has 1 fully saturated rings. The summed E-state index contributed by atoms with van der Waals surface area (Å²) in [7, 11) is -2.07. The van der Waals surface area contributed by atoms with Gasteiger partial charge in [-0.2, -0.15) is 0 Å². The third-order valence-electron chi connectivity index (χ3n) is 4.11. The fourth-order valence-electron chi connectivity index (χ4n) is 2.53. The zero-order valence-corrected chi connectivity index (χ0v) is 13.4. The first-order valence-corrected chi connectivity index (χ1v) is 9.74. The van der Waals surface area contributed by atoms with E-state index in [0.29, 0.717) is 5.92 Å².